The molecule has 0 aliphatic heterocycles. The molecule has 0 bridgehead atoms. The Balaban J connectivity index is 1.59. The predicted molar refractivity (Wildman–Crippen MR) is 86.9 cm³/mol. The summed E-state index contributed by atoms with van der Waals surface area (Å²) in [6.07, 6.45) is 0.291. The predicted octanol–water partition coefficient (Wildman–Crippen LogP) is 1.30. The molecular formula is C18H20N2O3. The summed E-state index contributed by atoms with van der Waals surface area (Å²) in [6.45, 7) is 0.523. The monoisotopic (exact) mass is 312 g/mol. The molecular weight excluding hydrogens is 292 g/mol. The number of hydrogen-bond acceptors (Lipinski definition) is 4. The van der Waals surface area contributed by atoms with E-state index >= 15 is 0 Å². The second kappa shape index (κ2) is 6.81. The number of nitrogens with one attached hydrogen (secondary N) is 1. The molecule has 3 rings (SSSR count). The molecule has 2 aromatic carbocycles. The van der Waals surface area contributed by atoms with Crippen LogP contribution in [-0.2, 0) is 17.8 Å². The fourth-order valence-electron chi connectivity index (χ4n) is 2.91. The number of nitrogens with two attached hydrogens (primary N) is 1. The first kappa shape index (κ1) is 15.5. The average molecular weight is 312 g/mol. The van der Waals surface area contributed by atoms with Gasteiger partial charge >= 0.3 is 0 Å². The summed E-state index contributed by atoms with van der Waals surface area (Å²) in [6, 6.07) is 15.5. The van der Waals surface area contributed by atoms with E-state index in [4.69, 9.17) is 10.5 Å². The third-order valence-corrected chi connectivity index (χ3v) is 4.03. The van der Waals surface area contributed by atoms with Crippen molar-refractivity contribution in [2.24, 2.45) is 5.73 Å². The van der Waals surface area contributed by atoms with Crippen molar-refractivity contribution < 1.29 is 14.6 Å². The third kappa shape index (κ3) is 3.70. The molecule has 2 atom stereocenters. The highest BCUT2D eigenvalue weighted by Crippen LogP contribution is 2.31. The molecule has 0 aromatic heterocycles. The van der Waals surface area contributed by atoms with Gasteiger partial charge in [-0.05, 0) is 28.8 Å². The maximum atomic E-state index is 10.7. The van der Waals surface area contributed by atoms with Gasteiger partial charge < -0.3 is 20.9 Å². The van der Waals surface area contributed by atoms with E-state index in [1.807, 2.05) is 24.3 Å². The average Bonchev–Trinajstić information content (AvgIpc) is 2.87. The zero-order valence-electron chi connectivity index (χ0n) is 12.7. The summed E-state index contributed by atoms with van der Waals surface area (Å²) in [4.78, 5) is 10.7. The van der Waals surface area contributed by atoms with E-state index in [1.165, 1.54) is 11.1 Å². The number of carbonyl (C=O) groups is 1. The topological polar surface area (TPSA) is 84.6 Å². The minimum Gasteiger partial charge on any atom is -0.484 e. The lowest BCUT2D eigenvalue weighted by Gasteiger charge is -2.18. The number of primary amides is 1. The van der Waals surface area contributed by atoms with Crippen molar-refractivity contribution in [2.75, 3.05) is 6.61 Å². The van der Waals surface area contributed by atoms with Gasteiger partial charge in [0.05, 0.1) is 12.1 Å². The smallest absolute Gasteiger partial charge is 0.255 e. The fourth-order valence-corrected chi connectivity index (χ4v) is 2.91. The van der Waals surface area contributed by atoms with E-state index in [0.29, 0.717) is 18.7 Å². The first-order valence-electron chi connectivity index (χ1n) is 7.63. The van der Waals surface area contributed by atoms with Crippen LogP contribution in [-0.4, -0.2) is 23.7 Å². The quantitative estimate of drug-likeness (QED) is 0.750. The normalized spacial score (nSPS) is 19.3. The van der Waals surface area contributed by atoms with Gasteiger partial charge in [-0.2, -0.15) is 0 Å². The summed E-state index contributed by atoms with van der Waals surface area (Å²) in [5, 5.41) is 13.6. The minimum atomic E-state index is -0.496. The number of hydrogen-bond donors (Lipinski definition) is 3. The number of ether oxygens (including phenoxy) is 1. The molecule has 0 saturated heterocycles. The highest BCUT2D eigenvalue weighted by molar-refractivity contribution is 5.75. The molecule has 0 unspecified atom stereocenters. The lowest BCUT2D eigenvalue weighted by atomic mass is 10.1. The SMILES string of the molecule is NC(=O)COc1ccc(CN[C@@H]2c3ccccc3C[C@@H]2O)cc1. The van der Waals surface area contributed by atoms with Crippen molar-refractivity contribution in [1.82, 2.24) is 5.32 Å². The van der Waals surface area contributed by atoms with Gasteiger partial charge in [0.15, 0.2) is 6.61 Å². The van der Waals surface area contributed by atoms with Gasteiger partial charge in [-0.15, -0.1) is 0 Å². The van der Waals surface area contributed by atoms with Crippen LogP contribution in [0.25, 0.3) is 0 Å². The second-order valence-electron chi connectivity index (χ2n) is 5.73. The van der Waals surface area contributed by atoms with E-state index in [1.54, 1.807) is 12.1 Å². The van der Waals surface area contributed by atoms with Crippen molar-refractivity contribution in [2.45, 2.75) is 25.1 Å². The van der Waals surface area contributed by atoms with Crippen molar-refractivity contribution in [3.05, 3.63) is 65.2 Å². The van der Waals surface area contributed by atoms with Crippen LogP contribution < -0.4 is 15.8 Å². The summed E-state index contributed by atoms with van der Waals surface area (Å²) < 4.78 is 5.23. The number of aliphatic hydroxyl groups excluding tert-OH is 1. The number of rotatable bonds is 6. The van der Waals surface area contributed by atoms with Crippen LogP contribution in [0, 0.1) is 0 Å². The molecule has 5 heteroatoms. The van der Waals surface area contributed by atoms with Crippen LogP contribution in [0.15, 0.2) is 48.5 Å². The van der Waals surface area contributed by atoms with Crippen molar-refractivity contribution in [3.8, 4) is 5.75 Å². The van der Waals surface area contributed by atoms with E-state index in [9.17, 15) is 9.90 Å². The first-order valence-corrected chi connectivity index (χ1v) is 7.63. The Bertz CT molecular complexity index is 685. The van der Waals surface area contributed by atoms with E-state index in [2.05, 4.69) is 17.4 Å². The zero-order valence-corrected chi connectivity index (χ0v) is 12.7. The molecule has 0 spiro atoms. The molecule has 0 saturated carbocycles. The Morgan fingerprint density at radius 3 is 2.70 bits per heavy atom. The molecule has 1 aliphatic rings. The Morgan fingerprint density at radius 1 is 1.22 bits per heavy atom. The molecule has 5 nitrogen and oxygen atoms in total. The van der Waals surface area contributed by atoms with Crippen LogP contribution in [0.2, 0.25) is 0 Å². The van der Waals surface area contributed by atoms with Gasteiger partial charge in [0.2, 0.25) is 0 Å². The molecule has 23 heavy (non-hydrogen) atoms. The molecule has 1 amide bonds. The Morgan fingerprint density at radius 2 is 1.96 bits per heavy atom. The molecule has 120 valence electrons. The van der Waals surface area contributed by atoms with Gasteiger partial charge in [-0.3, -0.25) is 4.79 Å². The Hall–Kier alpha value is -2.37. The Kier molecular flexibility index (Phi) is 4.60. The van der Waals surface area contributed by atoms with Crippen LogP contribution in [0.1, 0.15) is 22.7 Å². The van der Waals surface area contributed by atoms with Gasteiger partial charge in [0, 0.05) is 13.0 Å². The molecule has 0 radical (unpaired) electrons. The number of fused-ring (bicyclic) bond motifs is 1. The molecule has 0 fully saturated rings. The first-order chi connectivity index (χ1) is 11.1. The number of benzene rings is 2. The number of amides is 1. The molecule has 4 N–H and O–H groups in total. The summed E-state index contributed by atoms with van der Waals surface area (Å²) >= 11 is 0. The van der Waals surface area contributed by atoms with Crippen LogP contribution >= 0.6 is 0 Å². The number of carbonyl (C=O) groups excluding carboxylic acids is 1. The molecule has 0 heterocycles. The maximum Gasteiger partial charge on any atom is 0.255 e. The zero-order chi connectivity index (χ0) is 16.2. The van der Waals surface area contributed by atoms with Gasteiger partial charge in [-0.1, -0.05) is 36.4 Å². The van der Waals surface area contributed by atoms with Gasteiger partial charge in [0.25, 0.3) is 5.91 Å². The minimum absolute atomic E-state index is 0.0445. The molecule has 1 aliphatic carbocycles. The standard InChI is InChI=1S/C18H20N2O3/c19-17(22)11-23-14-7-5-12(6-8-14)10-20-18-15-4-2-1-3-13(15)9-16(18)21/h1-8,16,18,20-21H,9-11H2,(H2,19,22)/t16-,18+/m0/s1. The number of aliphatic hydroxyl groups is 1. The van der Waals surface area contributed by atoms with Crippen LogP contribution in [0.5, 0.6) is 5.75 Å². The highest BCUT2D eigenvalue weighted by atomic mass is 16.5. The largest absolute Gasteiger partial charge is 0.484 e. The van der Waals surface area contributed by atoms with Crippen molar-refractivity contribution in [1.29, 1.82) is 0 Å². The van der Waals surface area contributed by atoms with Crippen molar-refractivity contribution in [3.63, 3.8) is 0 Å². The Labute approximate surface area is 135 Å². The summed E-state index contributed by atoms with van der Waals surface area (Å²) in [5.74, 6) is 0.114. The van der Waals surface area contributed by atoms with Gasteiger partial charge in [-0.25, -0.2) is 0 Å². The lowest BCUT2D eigenvalue weighted by molar-refractivity contribution is -0.119. The highest BCUT2D eigenvalue weighted by Gasteiger charge is 2.29. The fraction of sp³-hybridized carbons (Fsp3) is 0.278. The van der Waals surface area contributed by atoms with Crippen LogP contribution in [0.3, 0.4) is 0 Å². The van der Waals surface area contributed by atoms with Crippen LogP contribution in [0.4, 0.5) is 0 Å². The van der Waals surface area contributed by atoms with Crippen molar-refractivity contribution >= 4 is 5.91 Å². The summed E-state index contributed by atoms with van der Waals surface area (Å²) in [5.41, 5.74) is 8.49. The lowest BCUT2D eigenvalue weighted by Crippen LogP contribution is -2.28. The van der Waals surface area contributed by atoms with E-state index in [0.717, 1.165) is 5.56 Å². The van der Waals surface area contributed by atoms with E-state index in [-0.39, 0.29) is 12.6 Å². The van der Waals surface area contributed by atoms with E-state index < -0.39 is 12.0 Å². The molecule has 2 aromatic rings. The maximum absolute atomic E-state index is 10.7. The second-order valence-corrected chi connectivity index (χ2v) is 5.73. The third-order valence-electron chi connectivity index (χ3n) is 4.03. The summed E-state index contributed by atoms with van der Waals surface area (Å²) in [7, 11) is 0. The van der Waals surface area contributed by atoms with Gasteiger partial charge in [0.1, 0.15) is 5.75 Å².